The van der Waals surface area contributed by atoms with E-state index in [-0.39, 0.29) is 29.5 Å². The number of benzene rings is 2. The summed E-state index contributed by atoms with van der Waals surface area (Å²) >= 11 is 1.59. The van der Waals surface area contributed by atoms with Crippen LogP contribution in [0.4, 0.5) is 11.4 Å². The van der Waals surface area contributed by atoms with Crippen LogP contribution in [0.5, 0.6) is 17.2 Å². The van der Waals surface area contributed by atoms with Gasteiger partial charge in [-0.25, -0.2) is 4.98 Å². The van der Waals surface area contributed by atoms with Gasteiger partial charge in [-0.3, -0.25) is 14.4 Å². The minimum atomic E-state index is -0.736. The number of aliphatic hydroxyl groups is 1. The number of amides is 2. The molecule has 2 atom stereocenters. The number of aromatic amines is 1. The molecule has 12 nitrogen and oxygen atoms in total. The first kappa shape index (κ1) is 33.6. The number of anilines is 2. The molecule has 2 amide bonds. The van der Waals surface area contributed by atoms with Crippen molar-refractivity contribution in [1.29, 1.82) is 0 Å². The second kappa shape index (κ2) is 14.8. The van der Waals surface area contributed by atoms with Gasteiger partial charge in [0.2, 0.25) is 23.0 Å². The molecule has 0 saturated carbocycles. The molecule has 13 heteroatoms. The van der Waals surface area contributed by atoms with E-state index >= 15 is 0 Å². The number of hydrogen-bond acceptors (Lipinski definition) is 10. The molecule has 0 aliphatic heterocycles. The maximum atomic E-state index is 13.9. The van der Waals surface area contributed by atoms with Gasteiger partial charge in [-0.15, -0.1) is 0 Å². The number of nitrogens with one attached hydrogen (secondary N) is 4. The highest BCUT2D eigenvalue weighted by Crippen LogP contribution is 2.50. The quantitative estimate of drug-likeness (QED) is 0.147. The largest absolute Gasteiger partial charge is 0.493 e. The second-order valence-corrected chi connectivity index (χ2v) is 12.1. The summed E-state index contributed by atoms with van der Waals surface area (Å²) < 4.78 is 17.2. The second-order valence-electron chi connectivity index (χ2n) is 11.1. The Bertz CT molecular complexity index is 1860. The maximum Gasteiger partial charge on any atom is 0.246 e. The summed E-state index contributed by atoms with van der Waals surface area (Å²) in [6.45, 7) is 1.22. The molecule has 5 rings (SSSR count). The van der Waals surface area contributed by atoms with Gasteiger partial charge in [-0.1, -0.05) is 6.07 Å². The topological polar surface area (TPSA) is 164 Å². The van der Waals surface area contributed by atoms with Gasteiger partial charge in [0.1, 0.15) is 18.5 Å². The number of carbonyl (C=O) groups is 2. The van der Waals surface area contributed by atoms with Gasteiger partial charge in [0.25, 0.3) is 0 Å². The first-order chi connectivity index (χ1) is 22.7. The number of thioether (sulfide) groups is 1. The first-order valence-electron chi connectivity index (χ1n) is 15.1. The zero-order valence-corrected chi connectivity index (χ0v) is 27.8. The number of aryl methyl sites for hydroxylation is 1. The molecule has 0 radical (unpaired) electrons. The van der Waals surface area contributed by atoms with Crippen molar-refractivity contribution in [1.82, 2.24) is 15.3 Å². The molecule has 4 aromatic rings. The van der Waals surface area contributed by atoms with Crippen LogP contribution in [0.3, 0.4) is 0 Å². The fraction of sp³-hybridized carbons (Fsp3) is 0.353. The summed E-state index contributed by atoms with van der Waals surface area (Å²) in [5.41, 5.74) is 4.78. The summed E-state index contributed by atoms with van der Waals surface area (Å²) in [5, 5.41) is 18.6. The lowest BCUT2D eigenvalue weighted by molar-refractivity contribution is -0.120. The van der Waals surface area contributed by atoms with Crippen LogP contribution in [-0.4, -0.2) is 66.3 Å². The third-order valence-corrected chi connectivity index (χ3v) is 8.77. The van der Waals surface area contributed by atoms with Gasteiger partial charge >= 0.3 is 0 Å². The molecule has 0 bridgehead atoms. The highest BCUT2D eigenvalue weighted by molar-refractivity contribution is 7.98. The van der Waals surface area contributed by atoms with Crippen molar-refractivity contribution in [3.05, 3.63) is 69.6 Å². The van der Waals surface area contributed by atoms with E-state index in [0.29, 0.717) is 75.9 Å². The number of fused-ring (bicyclic) bond motifs is 4. The van der Waals surface area contributed by atoms with Crippen molar-refractivity contribution in [2.75, 3.05) is 44.0 Å². The molecule has 1 aliphatic rings. The number of H-pyrrole nitrogens is 1. The molecule has 3 aromatic carbocycles. The predicted molar refractivity (Wildman–Crippen MR) is 184 cm³/mol. The molecule has 0 fully saturated rings. The molecule has 47 heavy (non-hydrogen) atoms. The summed E-state index contributed by atoms with van der Waals surface area (Å²) in [5.74, 6) is 1.95. The Hall–Kier alpha value is -4.75. The standard InChI is InChI=1S/C34H39N5O7S/c1-18(41)35-23-9-6-19-14-29(44-2)32(45-3)33(46-4)31(19)21-8-11-25(28(42)16-22(21)23)37-26(12-13-47-5)34(43)36-20-7-10-24-27(15-20)39-30(17-40)38-24/h7-8,10-11,14-16,23,26,40H,6,9,12-13,17H2,1-5H3,(H,35,41)(H,36,43)(H,37,42)(H,38,39)/t23-,26-/m1/s1. The maximum absolute atomic E-state index is 13.9. The number of rotatable bonds is 12. The Morgan fingerprint density at radius 1 is 1.09 bits per heavy atom. The van der Waals surface area contributed by atoms with E-state index in [9.17, 15) is 19.5 Å². The van der Waals surface area contributed by atoms with Crippen molar-refractivity contribution in [2.45, 2.75) is 44.9 Å². The van der Waals surface area contributed by atoms with Gasteiger partial charge in [0, 0.05) is 18.2 Å². The smallest absolute Gasteiger partial charge is 0.246 e. The molecule has 248 valence electrons. The minimum Gasteiger partial charge on any atom is -0.493 e. The third kappa shape index (κ3) is 7.15. The molecule has 0 saturated heterocycles. The Labute approximate surface area is 276 Å². The van der Waals surface area contributed by atoms with Crippen LogP contribution in [0.25, 0.3) is 22.2 Å². The van der Waals surface area contributed by atoms with Crippen molar-refractivity contribution in [2.24, 2.45) is 0 Å². The van der Waals surface area contributed by atoms with Crippen LogP contribution in [0.1, 0.15) is 42.8 Å². The Kier molecular flexibility index (Phi) is 10.6. The van der Waals surface area contributed by atoms with E-state index in [2.05, 4.69) is 25.9 Å². The number of carbonyl (C=O) groups excluding carboxylic acids is 2. The molecule has 1 aromatic heterocycles. The van der Waals surface area contributed by atoms with E-state index in [1.807, 2.05) is 18.4 Å². The van der Waals surface area contributed by atoms with Crippen molar-refractivity contribution >= 4 is 46.0 Å². The van der Waals surface area contributed by atoms with Gasteiger partial charge in [0.05, 0.1) is 44.1 Å². The van der Waals surface area contributed by atoms with E-state index in [1.54, 1.807) is 50.2 Å². The molecule has 1 aliphatic carbocycles. The summed E-state index contributed by atoms with van der Waals surface area (Å²) in [4.78, 5) is 47.1. The Balaban J connectivity index is 1.56. The van der Waals surface area contributed by atoms with Crippen LogP contribution < -0.4 is 35.6 Å². The van der Waals surface area contributed by atoms with Crippen molar-refractivity contribution in [3.63, 3.8) is 0 Å². The zero-order chi connectivity index (χ0) is 33.7. The van der Waals surface area contributed by atoms with Gasteiger partial charge in [-0.05, 0) is 84.4 Å². The fourth-order valence-electron chi connectivity index (χ4n) is 5.96. The third-order valence-electron chi connectivity index (χ3n) is 8.12. The number of nitrogens with zero attached hydrogens (tertiary/aromatic N) is 1. The predicted octanol–water partition coefficient (Wildman–Crippen LogP) is 4.40. The summed E-state index contributed by atoms with van der Waals surface area (Å²) in [7, 11) is 4.64. The van der Waals surface area contributed by atoms with E-state index < -0.39 is 12.1 Å². The number of hydrogen-bond donors (Lipinski definition) is 5. The molecular formula is C34H39N5O7S. The highest BCUT2D eigenvalue weighted by Gasteiger charge is 2.30. The van der Waals surface area contributed by atoms with E-state index in [0.717, 1.165) is 11.1 Å². The number of methoxy groups -OCH3 is 3. The van der Waals surface area contributed by atoms with E-state index in [4.69, 9.17) is 14.2 Å². The van der Waals surface area contributed by atoms with Crippen LogP contribution >= 0.6 is 11.8 Å². The van der Waals surface area contributed by atoms with Gasteiger partial charge in [0.15, 0.2) is 11.5 Å². The van der Waals surface area contributed by atoms with E-state index in [1.165, 1.54) is 20.1 Å². The van der Waals surface area contributed by atoms with Crippen LogP contribution in [0, 0.1) is 0 Å². The SMILES string of the molecule is COc1cc2c(c(OC)c1OC)-c1ccc(N[C@H](CCSC)C(=O)Nc3ccc4nc(CO)[nH]c4c3)c(=O)cc1[C@H](NC(C)=O)CC2. The molecule has 0 unspecified atom stereocenters. The fourth-order valence-corrected chi connectivity index (χ4v) is 6.44. The average molecular weight is 662 g/mol. The monoisotopic (exact) mass is 661 g/mol. The normalized spacial score (nSPS) is 14.3. The first-order valence-corrected chi connectivity index (χ1v) is 16.5. The Morgan fingerprint density at radius 2 is 1.87 bits per heavy atom. The van der Waals surface area contributed by atoms with Crippen LogP contribution in [-0.2, 0) is 22.6 Å². The zero-order valence-electron chi connectivity index (χ0n) is 27.0. The highest BCUT2D eigenvalue weighted by atomic mass is 32.2. The van der Waals surface area contributed by atoms with Crippen LogP contribution in [0.2, 0.25) is 0 Å². The molecule has 5 N–H and O–H groups in total. The average Bonchev–Trinajstić information content (AvgIpc) is 3.34. The molecule has 1 heterocycles. The summed E-state index contributed by atoms with van der Waals surface area (Å²) in [6.07, 6.45) is 3.52. The van der Waals surface area contributed by atoms with Crippen molar-refractivity contribution < 1.29 is 28.9 Å². The number of aromatic nitrogens is 2. The van der Waals surface area contributed by atoms with Gasteiger partial charge < -0.3 is 40.3 Å². The molecular weight excluding hydrogens is 622 g/mol. The Morgan fingerprint density at radius 3 is 2.55 bits per heavy atom. The number of imidazole rings is 1. The number of ether oxygens (including phenoxy) is 3. The lowest BCUT2D eigenvalue weighted by atomic mass is 9.95. The van der Waals surface area contributed by atoms with Gasteiger partial charge in [-0.2, -0.15) is 11.8 Å². The van der Waals surface area contributed by atoms with Crippen molar-refractivity contribution in [3.8, 4) is 28.4 Å². The molecule has 0 spiro atoms. The summed E-state index contributed by atoms with van der Waals surface area (Å²) in [6, 6.07) is 11.0. The lowest BCUT2D eigenvalue weighted by Crippen LogP contribution is -2.36. The van der Waals surface area contributed by atoms with Crippen LogP contribution in [0.15, 0.2) is 47.3 Å². The number of aliphatic hydroxyl groups excluding tert-OH is 1. The minimum absolute atomic E-state index is 0.221. The lowest BCUT2D eigenvalue weighted by Gasteiger charge is -2.19.